The van der Waals surface area contributed by atoms with Crippen LogP contribution in [0.3, 0.4) is 0 Å². The van der Waals surface area contributed by atoms with Crippen molar-refractivity contribution in [2.75, 3.05) is 20.3 Å². The number of nitrogens with one attached hydrogen (secondary N) is 1. The summed E-state index contributed by atoms with van der Waals surface area (Å²) in [5.41, 5.74) is 2.24. The first kappa shape index (κ1) is 13.7. The van der Waals surface area contributed by atoms with Gasteiger partial charge < -0.3 is 10.1 Å². The van der Waals surface area contributed by atoms with Crippen LogP contribution in [-0.4, -0.2) is 30.0 Å². The van der Waals surface area contributed by atoms with Crippen molar-refractivity contribution in [3.63, 3.8) is 0 Å². The van der Waals surface area contributed by atoms with E-state index in [-0.39, 0.29) is 5.82 Å². The Balaban J connectivity index is 2.05. The second-order valence-corrected chi connectivity index (χ2v) is 4.36. The first-order chi connectivity index (χ1) is 9.20. The molecule has 2 aromatic rings. The average Bonchev–Trinajstić information content (AvgIpc) is 2.81. The van der Waals surface area contributed by atoms with Crippen LogP contribution in [0.4, 0.5) is 4.39 Å². The molecule has 0 fully saturated rings. The van der Waals surface area contributed by atoms with Gasteiger partial charge in [-0.1, -0.05) is 6.07 Å². The van der Waals surface area contributed by atoms with Crippen molar-refractivity contribution < 1.29 is 9.13 Å². The Morgan fingerprint density at radius 1 is 1.37 bits per heavy atom. The van der Waals surface area contributed by atoms with E-state index in [0.29, 0.717) is 18.8 Å². The fourth-order valence-electron chi connectivity index (χ4n) is 1.80. The first-order valence-electron chi connectivity index (χ1n) is 6.21. The molecule has 4 nitrogen and oxygen atoms in total. The Morgan fingerprint density at radius 2 is 2.21 bits per heavy atom. The molecule has 0 aliphatic heterocycles. The third-order valence-electron chi connectivity index (χ3n) is 2.79. The number of nitrogens with zero attached hydrogens (tertiary/aromatic N) is 2. The number of halogens is 1. The molecule has 1 aromatic heterocycles. The Hall–Kier alpha value is -1.72. The highest BCUT2D eigenvalue weighted by Gasteiger charge is 2.06. The predicted octanol–water partition coefficient (Wildman–Crippen LogP) is 2.06. The molecule has 0 bridgehead atoms. The van der Waals surface area contributed by atoms with Gasteiger partial charge in [-0.05, 0) is 30.7 Å². The van der Waals surface area contributed by atoms with E-state index in [1.165, 1.54) is 6.07 Å². The minimum absolute atomic E-state index is 0.269. The number of benzene rings is 1. The third-order valence-corrected chi connectivity index (χ3v) is 2.79. The highest BCUT2D eigenvalue weighted by atomic mass is 19.1. The summed E-state index contributed by atoms with van der Waals surface area (Å²) >= 11 is 0. The molecule has 0 unspecified atom stereocenters. The fourth-order valence-corrected chi connectivity index (χ4v) is 1.80. The van der Waals surface area contributed by atoms with E-state index in [0.717, 1.165) is 17.8 Å². The number of rotatable bonds is 6. The summed E-state index contributed by atoms with van der Waals surface area (Å²) in [6.45, 7) is 3.90. The van der Waals surface area contributed by atoms with E-state index < -0.39 is 0 Å². The Bertz CT molecular complexity index is 539. The van der Waals surface area contributed by atoms with E-state index in [2.05, 4.69) is 10.4 Å². The normalized spacial score (nSPS) is 10.9. The van der Waals surface area contributed by atoms with Crippen molar-refractivity contribution in [1.82, 2.24) is 15.1 Å². The smallest absolute Gasteiger partial charge is 0.149 e. The average molecular weight is 263 g/mol. The van der Waals surface area contributed by atoms with Crippen molar-refractivity contribution in [1.29, 1.82) is 0 Å². The molecule has 1 N–H and O–H groups in total. The molecule has 5 heteroatoms. The monoisotopic (exact) mass is 263 g/mol. The van der Waals surface area contributed by atoms with Crippen molar-refractivity contribution in [3.05, 3.63) is 47.5 Å². The molecular formula is C14H18FN3O. The largest absolute Gasteiger partial charge is 0.383 e. The van der Waals surface area contributed by atoms with E-state index in [9.17, 15) is 4.39 Å². The van der Waals surface area contributed by atoms with Gasteiger partial charge in [0.25, 0.3) is 0 Å². The molecular weight excluding hydrogens is 245 g/mol. The van der Waals surface area contributed by atoms with Gasteiger partial charge >= 0.3 is 0 Å². The maximum atomic E-state index is 14.0. The molecule has 2 rings (SSSR count). The standard InChI is InChI=1S/C14H18FN3O/c1-11-5-7-18(17-11)14-4-3-12(9-13(14)15)10-16-6-8-19-2/h3-5,7,9,16H,6,8,10H2,1-2H3. The lowest BCUT2D eigenvalue weighted by Gasteiger charge is -2.07. The number of aromatic nitrogens is 2. The summed E-state index contributed by atoms with van der Waals surface area (Å²) in [6, 6.07) is 7.02. The molecule has 19 heavy (non-hydrogen) atoms. The van der Waals surface area contributed by atoms with Crippen LogP contribution >= 0.6 is 0 Å². The summed E-state index contributed by atoms with van der Waals surface area (Å²) in [5, 5.41) is 7.38. The van der Waals surface area contributed by atoms with E-state index in [1.807, 2.05) is 19.1 Å². The molecule has 0 spiro atoms. The zero-order valence-corrected chi connectivity index (χ0v) is 11.2. The second kappa shape index (κ2) is 6.45. The lowest BCUT2D eigenvalue weighted by molar-refractivity contribution is 0.199. The van der Waals surface area contributed by atoms with Gasteiger partial charge in [0.05, 0.1) is 12.3 Å². The minimum Gasteiger partial charge on any atom is -0.383 e. The molecule has 1 aromatic carbocycles. The summed E-state index contributed by atoms with van der Waals surface area (Å²) in [6.07, 6.45) is 1.75. The number of hydrogen-bond acceptors (Lipinski definition) is 3. The molecule has 1 heterocycles. The molecule has 0 atom stereocenters. The van der Waals surface area contributed by atoms with Gasteiger partial charge in [0.1, 0.15) is 11.5 Å². The molecule has 0 aliphatic rings. The van der Waals surface area contributed by atoms with Crippen LogP contribution in [0.5, 0.6) is 0 Å². The van der Waals surface area contributed by atoms with Gasteiger partial charge in [0, 0.05) is 26.4 Å². The molecule has 0 aliphatic carbocycles. The fraction of sp³-hybridized carbons (Fsp3) is 0.357. The first-order valence-corrected chi connectivity index (χ1v) is 6.21. The zero-order valence-electron chi connectivity index (χ0n) is 11.2. The molecule has 102 valence electrons. The maximum Gasteiger partial charge on any atom is 0.149 e. The number of hydrogen-bond donors (Lipinski definition) is 1. The number of aryl methyl sites for hydroxylation is 1. The van der Waals surface area contributed by atoms with Crippen LogP contribution in [0.1, 0.15) is 11.3 Å². The van der Waals surface area contributed by atoms with Crippen molar-refractivity contribution in [3.8, 4) is 5.69 Å². The van der Waals surface area contributed by atoms with Gasteiger partial charge in [-0.2, -0.15) is 5.10 Å². The molecule has 0 radical (unpaired) electrons. The summed E-state index contributed by atoms with van der Waals surface area (Å²) in [4.78, 5) is 0. The Kier molecular flexibility index (Phi) is 4.65. The van der Waals surface area contributed by atoms with Gasteiger partial charge in [0.15, 0.2) is 0 Å². The molecule has 0 saturated carbocycles. The van der Waals surface area contributed by atoms with Gasteiger partial charge in [-0.3, -0.25) is 0 Å². The quantitative estimate of drug-likeness (QED) is 0.811. The van der Waals surface area contributed by atoms with Gasteiger partial charge in [0.2, 0.25) is 0 Å². The maximum absolute atomic E-state index is 14.0. The van der Waals surface area contributed by atoms with E-state index >= 15 is 0 Å². The topological polar surface area (TPSA) is 39.1 Å². The predicted molar refractivity (Wildman–Crippen MR) is 71.8 cm³/mol. The van der Waals surface area contributed by atoms with Crippen molar-refractivity contribution in [2.45, 2.75) is 13.5 Å². The summed E-state index contributed by atoms with van der Waals surface area (Å²) < 4.78 is 20.5. The van der Waals surface area contributed by atoms with Crippen LogP contribution in [0.2, 0.25) is 0 Å². The third kappa shape index (κ3) is 3.62. The SMILES string of the molecule is COCCNCc1ccc(-n2ccc(C)n2)c(F)c1. The van der Waals surface area contributed by atoms with E-state index in [4.69, 9.17) is 4.74 Å². The van der Waals surface area contributed by atoms with Gasteiger partial charge in [-0.15, -0.1) is 0 Å². The van der Waals surface area contributed by atoms with Crippen LogP contribution < -0.4 is 5.32 Å². The van der Waals surface area contributed by atoms with Crippen LogP contribution in [0.25, 0.3) is 5.69 Å². The Labute approximate surface area is 112 Å². The number of ether oxygens (including phenoxy) is 1. The minimum atomic E-state index is -0.269. The zero-order chi connectivity index (χ0) is 13.7. The van der Waals surface area contributed by atoms with E-state index in [1.54, 1.807) is 24.1 Å². The highest BCUT2D eigenvalue weighted by molar-refractivity contribution is 5.36. The summed E-state index contributed by atoms with van der Waals surface area (Å²) in [7, 11) is 1.65. The Morgan fingerprint density at radius 3 is 2.84 bits per heavy atom. The highest BCUT2D eigenvalue weighted by Crippen LogP contribution is 2.14. The van der Waals surface area contributed by atoms with Crippen LogP contribution in [-0.2, 0) is 11.3 Å². The van der Waals surface area contributed by atoms with Gasteiger partial charge in [-0.25, -0.2) is 9.07 Å². The lowest BCUT2D eigenvalue weighted by atomic mass is 10.2. The lowest BCUT2D eigenvalue weighted by Crippen LogP contribution is -2.18. The summed E-state index contributed by atoms with van der Waals surface area (Å²) in [5.74, 6) is -0.269. The second-order valence-electron chi connectivity index (χ2n) is 4.36. The van der Waals surface area contributed by atoms with Crippen LogP contribution in [0.15, 0.2) is 30.5 Å². The van der Waals surface area contributed by atoms with Crippen molar-refractivity contribution in [2.24, 2.45) is 0 Å². The van der Waals surface area contributed by atoms with Crippen molar-refractivity contribution >= 4 is 0 Å². The molecule has 0 amide bonds. The van der Waals surface area contributed by atoms with Crippen LogP contribution in [0, 0.1) is 12.7 Å². The molecule has 0 saturated heterocycles. The number of methoxy groups -OCH3 is 1.